The molecule has 0 aromatic heterocycles. The first-order chi connectivity index (χ1) is 19.2. The quantitative estimate of drug-likeness (QED) is 0.538. The number of hydrogen-bond acceptors (Lipinski definition) is 6. The molecule has 40 heavy (non-hydrogen) atoms. The van der Waals surface area contributed by atoms with Gasteiger partial charge in [0.2, 0.25) is 11.8 Å². The van der Waals surface area contributed by atoms with Crippen LogP contribution in [0.2, 0.25) is 0 Å². The predicted molar refractivity (Wildman–Crippen MR) is 156 cm³/mol. The molecule has 0 bridgehead atoms. The van der Waals surface area contributed by atoms with E-state index in [2.05, 4.69) is 29.4 Å². The van der Waals surface area contributed by atoms with Crippen LogP contribution in [0.1, 0.15) is 56.7 Å². The minimum atomic E-state index is -0.577. The van der Waals surface area contributed by atoms with Gasteiger partial charge in [-0.2, -0.15) is 0 Å². The molecule has 0 radical (unpaired) electrons. The number of carbonyl (C=O) groups is 3. The molecule has 212 valence electrons. The first-order valence-corrected chi connectivity index (χ1v) is 14.3. The molecular weight excluding hydrogens is 504 g/mol. The fraction of sp³-hybridized carbons (Fsp3) is 0.469. The number of fused-ring (bicyclic) bond motifs is 1. The smallest absolute Gasteiger partial charge is 0.228 e. The number of para-hydroxylation sites is 2. The summed E-state index contributed by atoms with van der Waals surface area (Å²) < 4.78 is 5.38. The number of hydrogen-bond donors (Lipinski definition) is 2. The molecule has 1 atom stereocenters. The Morgan fingerprint density at radius 3 is 2.50 bits per heavy atom. The van der Waals surface area contributed by atoms with Crippen LogP contribution in [-0.2, 0) is 19.1 Å². The van der Waals surface area contributed by atoms with E-state index in [4.69, 9.17) is 4.74 Å². The lowest BCUT2D eigenvalue weighted by atomic mass is 9.73. The van der Waals surface area contributed by atoms with Gasteiger partial charge < -0.3 is 15.4 Å². The third-order valence-electron chi connectivity index (χ3n) is 7.98. The van der Waals surface area contributed by atoms with E-state index < -0.39 is 6.04 Å². The van der Waals surface area contributed by atoms with Crippen molar-refractivity contribution in [2.45, 2.75) is 52.5 Å². The molecular formula is C32H40N4O4. The Hall–Kier alpha value is -3.49. The van der Waals surface area contributed by atoms with Crippen LogP contribution in [0.15, 0.2) is 59.8 Å². The third-order valence-corrected chi connectivity index (χ3v) is 7.98. The number of amides is 2. The minimum absolute atomic E-state index is 0.0440. The normalized spacial score (nSPS) is 20.7. The number of morpholine rings is 1. The Bertz CT molecular complexity index is 1290. The number of aryl methyl sites for hydroxylation is 1. The summed E-state index contributed by atoms with van der Waals surface area (Å²) in [7, 11) is 0. The van der Waals surface area contributed by atoms with Crippen LogP contribution in [0.3, 0.4) is 0 Å². The molecule has 0 saturated carbocycles. The molecule has 1 saturated heterocycles. The van der Waals surface area contributed by atoms with Gasteiger partial charge in [0.15, 0.2) is 5.78 Å². The third kappa shape index (κ3) is 6.29. The molecule has 1 fully saturated rings. The fourth-order valence-electron chi connectivity index (χ4n) is 5.93. The zero-order chi connectivity index (χ0) is 28.3. The summed E-state index contributed by atoms with van der Waals surface area (Å²) in [6.07, 6.45) is 1.25. The van der Waals surface area contributed by atoms with Crippen LogP contribution in [0.4, 0.5) is 11.4 Å². The van der Waals surface area contributed by atoms with Gasteiger partial charge in [0, 0.05) is 56.7 Å². The maximum absolute atomic E-state index is 14.1. The number of anilines is 2. The molecule has 0 unspecified atom stereocenters. The number of ketones is 1. The predicted octanol–water partition coefficient (Wildman–Crippen LogP) is 4.37. The molecule has 0 spiro atoms. The van der Waals surface area contributed by atoms with Crippen LogP contribution in [0, 0.1) is 12.3 Å². The SMILES string of the molecule is Cc1ccc([C@@H]2C3=C(CC(C)(C)CC3=O)Nc3ccccc3N2C(=O)CCC(=O)NCCN2CCOCC2)cc1. The van der Waals surface area contributed by atoms with Crippen LogP contribution in [-0.4, -0.2) is 61.9 Å². The lowest BCUT2D eigenvalue weighted by Gasteiger charge is -2.37. The van der Waals surface area contributed by atoms with Gasteiger partial charge in [0.1, 0.15) is 0 Å². The van der Waals surface area contributed by atoms with Gasteiger partial charge in [-0.25, -0.2) is 0 Å². The summed E-state index contributed by atoms with van der Waals surface area (Å²) in [6.45, 7) is 10.7. The van der Waals surface area contributed by atoms with Crippen molar-refractivity contribution in [3.63, 3.8) is 0 Å². The molecule has 2 N–H and O–H groups in total. The van der Waals surface area contributed by atoms with Crippen molar-refractivity contribution in [1.29, 1.82) is 0 Å². The average molecular weight is 545 g/mol. The van der Waals surface area contributed by atoms with E-state index in [1.54, 1.807) is 4.90 Å². The number of rotatable bonds is 7. The fourth-order valence-corrected chi connectivity index (χ4v) is 5.93. The van der Waals surface area contributed by atoms with Crippen molar-refractivity contribution in [2.75, 3.05) is 49.6 Å². The molecule has 2 heterocycles. The Kier molecular flexibility index (Phi) is 8.38. The first-order valence-electron chi connectivity index (χ1n) is 14.3. The summed E-state index contributed by atoms with van der Waals surface area (Å²) in [5.41, 5.74) is 4.82. The van der Waals surface area contributed by atoms with Crippen LogP contribution in [0.5, 0.6) is 0 Å². The topological polar surface area (TPSA) is 91.0 Å². The maximum atomic E-state index is 14.1. The number of nitrogens with zero attached hydrogens (tertiary/aromatic N) is 2. The highest BCUT2D eigenvalue weighted by atomic mass is 16.5. The first kappa shape index (κ1) is 28.1. The van der Waals surface area contributed by atoms with E-state index >= 15 is 0 Å². The van der Waals surface area contributed by atoms with Crippen LogP contribution < -0.4 is 15.5 Å². The molecule has 3 aliphatic rings. The Labute approximate surface area is 236 Å². The van der Waals surface area contributed by atoms with Gasteiger partial charge in [0.05, 0.1) is 30.6 Å². The zero-order valence-electron chi connectivity index (χ0n) is 23.8. The average Bonchev–Trinajstić information content (AvgIpc) is 3.06. The number of benzene rings is 2. The van der Waals surface area contributed by atoms with E-state index in [1.807, 2.05) is 55.5 Å². The molecule has 2 aliphatic heterocycles. The van der Waals surface area contributed by atoms with Gasteiger partial charge in [-0.05, 0) is 36.5 Å². The second-order valence-corrected chi connectivity index (χ2v) is 11.9. The number of allylic oxidation sites excluding steroid dienone is 1. The van der Waals surface area contributed by atoms with Crippen LogP contribution in [0.25, 0.3) is 0 Å². The lowest BCUT2D eigenvalue weighted by Crippen LogP contribution is -2.42. The van der Waals surface area contributed by atoms with Crippen molar-refractivity contribution in [3.05, 3.63) is 70.9 Å². The van der Waals surface area contributed by atoms with E-state index in [1.165, 1.54) is 0 Å². The van der Waals surface area contributed by atoms with Crippen molar-refractivity contribution in [3.8, 4) is 0 Å². The number of Topliss-reactive ketones (excluding diaryl/α,β-unsaturated/α-hetero) is 1. The molecule has 5 rings (SSSR count). The van der Waals surface area contributed by atoms with E-state index in [0.717, 1.165) is 55.4 Å². The van der Waals surface area contributed by atoms with Crippen molar-refractivity contribution in [2.24, 2.45) is 5.41 Å². The van der Waals surface area contributed by atoms with E-state index in [9.17, 15) is 14.4 Å². The highest BCUT2D eigenvalue weighted by Crippen LogP contribution is 2.48. The summed E-state index contributed by atoms with van der Waals surface area (Å²) in [5.74, 6) is -0.282. The molecule has 2 aromatic carbocycles. The molecule has 2 amide bonds. The Morgan fingerprint density at radius 2 is 1.75 bits per heavy atom. The number of nitrogens with one attached hydrogen (secondary N) is 2. The number of ether oxygens (including phenoxy) is 1. The summed E-state index contributed by atoms with van der Waals surface area (Å²) >= 11 is 0. The van der Waals surface area contributed by atoms with Gasteiger partial charge >= 0.3 is 0 Å². The Balaban J connectivity index is 1.42. The highest BCUT2D eigenvalue weighted by molar-refractivity contribution is 6.06. The second kappa shape index (κ2) is 11.9. The summed E-state index contributed by atoms with van der Waals surface area (Å²) in [4.78, 5) is 44.6. The summed E-state index contributed by atoms with van der Waals surface area (Å²) in [6, 6.07) is 15.2. The van der Waals surface area contributed by atoms with Crippen molar-refractivity contribution >= 4 is 29.0 Å². The van der Waals surface area contributed by atoms with Gasteiger partial charge in [-0.15, -0.1) is 0 Å². The monoisotopic (exact) mass is 544 g/mol. The molecule has 2 aromatic rings. The standard InChI is InChI=1S/C32H40N4O4/c1-22-8-10-23(11-9-22)31-30-25(20-32(2,3)21-27(30)37)34-24-6-4-5-7-26(24)36(31)29(39)13-12-28(38)33-14-15-35-16-18-40-19-17-35/h4-11,31,34H,12-21H2,1-3H3,(H,33,38)/t31-/m1/s1. The van der Waals surface area contributed by atoms with Gasteiger partial charge in [-0.1, -0.05) is 55.8 Å². The van der Waals surface area contributed by atoms with Gasteiger partial charge in [-0.3, -0.25) is 24.2 Å². The second-order valence-electron chi connectivity index (χ2n) is 11.9. The van der Waals surface area contributed by atoms with Crippen molar-refractivity contribution < 1.29 is 19.1 Å². The van der Waals surface area contributed by atoms with E-state index in [-0.39, 0.29) is 35.9 Å². The minimum Gasteiger partial charge on any atom is -0.379 e. The van der Waals surface area contributed by atoms with E-state index in [0.29, 0.717) is 30.6 Å². The maximum Gasteiger partial charge on any atom is 0.228 e. The summed E-state index contributed by atoms with van der Waals surface area (Å²) in [5, 5.41) is 6.50. The number of carbonyl (C=O) groups excluding carboxylic acids is 3. The zero-order valence-corrected chi connectivity index (χ0v) is 23.8. The van der Waals surface area contributed by atoms with Gasteiger partial charge in [0.25, 0.3) is 0 Å². The van der Waals surface area contributed by atoms with Crippen molar-refractivity contribution in [1.82, 2.24) is 10.2 Å². The molecule has 1 aliphatic carbocycles. The highest BCUT2D eigenvalue weighted by Gasteiger charge is 2.43. The largest absolute Gasteiger partial charge is 0.379 e. The molecule has 8 nitrogen and oxygen atoms in total. The lowest BCUT2D eigenvalue weighted by molar-refractivity contribution is -0.125. The van der Waals surface area contributed by atoms with Crippen LogP contribution >= 0.6 is 0 Å². The Morgan fingerprint density at radius 1 is 1.02 bits per heavy atom. The molecule has 8 heteroatoms.